The third kappa shape index (κ3) is 4.19. The van der Waals surface area contributed by atoms with Gasteiger partial charge in [0.1, 0.15) is 5.75 Å². The number of ether oxygens (including phenoxy) is 1. The molecule has 1 amide bonds. The largest absolute Gasteiger partial charge is 0.434 e. The molecular weight excluding hydrogens is 346 g/mol. The minimum Gasteiger partial charge on any atom is -0.434 e. The smallest absolute Gasteiger partial charge is 0.387 e. The number of nitrogens with one attached hydrogen (secondary N) is 1. The second-order valence-electron chi connectivity index (χ2n) is 5.23. The van der Waals surface area contributed by atoms with Gasteiger partial charge in [0.2, 0.25) is 0 Å². The molecule has 0 unspecified atom stereocenters. The summed E-state index contributed by atoms with van der Waals surface area (Å²) in [5, 5.41) is 4.82. The summed E-state index contributed by atoms with van der Waals surface area (Å²) in [6, 6.07) is 13.7. The van der Waals surface area contributed by atoms with E-state index >= 15 is 0 Å². The molecule has 0 aliphatic heterocycles. The van der Waals surface area contributed by atoms with Crippen LogP contribution in [0.1, 0.15) is 15.9 Å². The molecule has 0 aliphatic carbocycles. The third-order valence-electron chi connectivity index (χ3n) is 3.42. The van der Waals surface area contributed by atoms with Gasteiger partial charge < -0.3 is 4.74 Å². The maximum absolute atomic E-state index is 12.4. The van der Waals surface area contributed by atoms with Crippen LogP contribution in [-0.2, 0) is 0 Å². The topological polar surface area (TPSA) is 51.2 Å². The number of carbonyl (C=O) groups is 1. The second-order valence-corrected chi connectivity index (χ2v) is 6.09. The van der Waals surface area contributed by atoms with Crippen LogP contribution in [0.4, 0.5) is 13.9 Å². The van der Waals surface area contributed by atoms with Crippen molar-refractivity contribution in [1.82, 2.24) is 4.98 Å². The number of alkyl halides is 2. The highest BCUT2D eigenvalue weighted by molar-refractivity contribution is 7.14. The molecule has 1 aromatic heterocycles. The van der Waals surface area contributed by atoms with Crippen LogP contribution in [0.25, 0.3) is 11.3 Å². The Morgan fingerprint density at radius 1 is 1.16 bits per heavy atom. The van der Waals surface area contributed by atoms with E-state index in [1.807, 2.05) is 36.6 Å². The van der Waals surface area contributed by atoms with Crippen LogP contribution in [0.3, 0.4) is 0 Å². The van der Waals surface area contributed by atoms with E-state index in [-0.39, 0.29) is 11.3 Å². The molecule has 0 bridgehead atoms. The fourth-order valence-electron chi connectivity index (χ4n) is 2.21. The Hall–Kier alpha value is -2.80. The molecule has 0 radical (unpaired) electrons. The molecule has 25 heavy (non-hydrogen) atoms. The minimum absolute atomic E-state index is 0.0230. The number of nitrogens with zero attached hydrogens (tertiary/aromatic N) is 1. The Kier molecular flexibility index (Phi) is 5.04. The SMILES string of the molecule is Cc1ccc(-c2csc(NC(=O)c3ccccc3OC(F)F)n2)cc1. The van der Waals surface area contributed by atoms with E-state index in [4.69, 9.17) is 0 Å². The van der Waals surface area contributed by atoms with Crippen LogP contribution in [-0.4, -0.2) is 17.5 Å². The molecule has 0 aliphatic rings. The quantitative estimate of drug-likeness (QED) is 0.699. The molecule has 0 saturated heterocycles. The van der Waals surface area contributed by atoms with Crippen molar-refractivity contribution in [2.75, 3.05) is 5.32 Å². The predicted octanol–water partition coefficient (Wildman–Crippen LogP) is 4.97. The molecule has 0 spiro atoms. The number of benzene rings is 2. The van der Waals surface area contributed by atoms with E-state index in [2.05, 4.69) is 15.0 Å². The van der Waals surface area contributed by atoms with Gasteiger partial charge in [0.25, 0.3) is 5.91 Å². The second kappa shape index (κ2) is 7.40. The van der Waals surface area contributed by atoms with Gasteiger partial charge in [-0.25, -0.2) is 4.98 Å². The molecule has 7 heteroatoms. The van der Waals surface area contributed by atoms with E-state index in [0.29, 0.717) is 5.13 Å². The Balaban J connectivity index is 1.77. The van der Waals surface area contributed by atoms with E-state index in [1.165, 1.54) is 29.5 Å². The van der Waals surface area contributed by atoms with Gasteiger partial charge in [0.05, 0.1) is 11.3 Å². The van der Waals surface area contributed by atoms with Gasteiger partial charge in [-0.15, -0.1) is 11.3 Å². The van der Waals surface area contributed by atoms with Crippen LogP contribution >= 0.6 is 11.3 Å². The van der Waals surface area contributed by atoms with Crippen molar-refractivity contribution in [3.63, 3.8) is 0 Å². The number of hydrogen-bond acceptors (Lipinski definition) is 4. The Labute approximate surface area is 147 Å². The summed E-state index contributed by atoms with van der Waals surface area (Å²) < 4.78 is 29.3. The number of hydrogen-bond donors (Lipinski definition) is 1. The fourth-order valence-corrected chi connectivity index (χ4v) is 2.92. The van der Waals surface area contributed by atoms with Crippen molar-refractivity contribution >= 4 is 22.4 Å². The van der Waals surface area contributed by atoms with Gasteiger partial charge in [-0.3, -0.25) is 10.1 Å². The average Bonchev–Trinajstić information content (AvgIpc) is 3.04. The summed E-state index contributed by atoms with van der Waals surface area (Å²) >= 11 is 1.26. The molecule has 3 aromatic rings. The van der Waals surface area contributed by atoms with E-state index in [0.717, 1.165) is 16.8 Å². The van der Waals surface area contributed by atoms with Crippen LogP contribution in [0.2, 0.25) is 0 Å². The van der Waals surface area contributed by atoms with Crippen molar-refractivity contribution in [3.05, 3.63) is 65.0 Å². The van der Waals surface area contributed by atoms with Crippen molar-refractivity contribution < 1.29 is 18.3 Å². The number of thiazole rings is 1. The zero-order valence-corrected chi connectivity index (χ0v) is 14.0. The van der Waals surface area contributed by atoms with E-state index in [9.17, 15) is 13.6 Å². The highest BCUT2D eigenvalue weighted by Crippen LogP contribution is 2.27. The molecule has 128 valence electrons. The van der Waals surface area contributed by atoms with Crippen molar-refractivity contribution in [3.8, 4) is 17.0 Å². The number of para-hydroxylation sites is 1. The lowest BCUT2D eigenvalue weighted by atomic mass is 10.1. The summed E-state index contributed by atoms with van der Waals surface area (Å²) in [5.41, 5.74) is 2.83. The van der Waals surface area contributed by atoms with Crippen molar-refractivity contribution in [2.24, 2.45) is 0 Å². The maximum Gasteiger partial charge on any atom is 0.387 e. The molecule has 0 fully saturated rings. The lowest BCUT2D eigenvalue weighted by molar-refractivity contribution is -0.0501. The van der Waals surface area contributed by atoms with Crippen LogP contribution < -0.4 is 10.1 Å². The number of rotatable bonds is 5. The van der Waals surface area contributed by atoms with E-state index in [1.54, 1.807) is 6.07 Å². The standard InChI is InChI=1S/C18H14F2N2O2S/c1-11-6-8-12(9-7-11)14-10-25-18(21-14)22-16(23)13-4-2-3-5-15(13)24-17(19)20/h2-10,17H,1H3,(H,21,22,23). The van der Waals surface area contributed by atoms with Crippen LogP contribution in [0.15, 0.2) is 53.9 Å². The van der Waals surface area contributed by atoms with Crippen LogP contribution in [0.5, 0.6) is 5.75 Å². The highest BCUT2D eigenvalue weighted by Gasteiger charge is 2.16. The first-order valence-corrected chi connectivity index (χ1v) is 8.28. The number of aryl methyl sites for hydroxylation is 1. The first kappa shape index (κ1) is 17.0. The van der Waals surface area contributed by atoms with Crippen molar-refractivity contribution in [2.45, 2.75) is 13.5 Å². The van der Waals surface area contributed by atoms with E-state index < -0.39 is 12.5 Å². The molecule has 2 aromatic carbocycles. The van der Waals surface area contributed by atoms with Crippen molar-refractivity contribution in [1.29, 1.82) is 0 Å². The number of amides is 1. The van der Waals surface area contributed by atoms with Gasteiger partial charge in [-0.1, -0.05) is 42.0 Å². The highest BCUT2D eigenvalue weighted by atomic mass is 32.1. The average molecular weight is 360 g/mol. The first-order valence-electron chi connectivity index (χ1n) is 7.40. The first-order chi connectivity index (χ1) is 12.0. The number of anilines is 1. The maximum atomic E-state index is 12.4. The van der Waals surface area contributed by atoms with Gasteiger partial charge in [0, 0.05) is 10.9 Å². The molecular formula is C18H14F2N2O2S. The minimum atomic E-state index is -3.00. The third-order valence-corrected chi connectivity index (χ3v) is 4.18. The Bertz CT molecular complexity index is 879. The van der Waals surface area contributed by atoms with Gasteiger partial charge in [-0.2, -0.15) is 8.78 Å². The van der Waals surface area contributed by atoms with Gasteiger partial charge >= 0.3 is 6.61 Å². The van der Waals surface area contributed by atoms with Gasteiger partial charge in [0.15, 0.2) is 5.13 Å². The van der Waals surface area contributed by atoms with Crippen LogP contribution in [0, 0.1) is 6.92 Å². The normalized spacial score (nSPS) is 10.7. The monoisotopic (exact) mass is 360 g/mol. The summed E-state index contributed by atoms with van der Waals surface area (Å²) in [6.45, 7) is -1.00. The molecule has 1 heterocycles. The molecule has 0 atom stereocenters. The zero-order chi connectivity index (χ0) is 17.8. The fraction of sp³-hybridized carbons (Fsp3) is 0.111. The Morgan fingerprint density at radius 2 is 1.88 bits per heavy atom. The lowest BCUT2D eigenvalue weighted by Crippen LogP contribution is -2.14. The zero-order valence-electron chi connectivity index (χ0n) is 13.2. The summed E-state index contributed by atoms with van der Waals surface area (Å²) in [6.07, 6.45) is 0. The number of halogens is 2. The summed E-state index contributed by atoms with van der Waals surface area (Å²) in [7, 11) is 0. The number of aromatic nitrogens is 1. The predicted molar refractivity (Wildman–Crippen MR) is 93.3 cm³/mol. The lowest BCUT2D eigenvalue weighted by Gasteiger charge is -2.09. The molecule has 4 nitrogen and oxygen atoms in total. The summed E-state index contributed by atoms with van der Waals surface area (Å²) in [5.74, 6) is -0.730. The molecule has 3 rings (SSSR count). The Morgan fingerprint density at radius 3 is 2.60 bits per heavy atom. The van der Waals surface area contributed by atoms with Gasteiger partial charge in [-0.05, 0) is 19.1 Å². The summed E-state index contributed by atoms with van der Waals surface area (Å²) in [4.78, 5) is 16.7. The molecule has 1 N–H and O–H groups in total. The molecule has 0 saturated carbocycles. The number of carbonyl (C=O) groups excluding carboxylic acids is 1.